The molecule has 0 radical (unpaired) electrons. The van der Waals surface area contributed by atoms with Crippen molar-refractivity contribution in [2.75, 3.05) is 26.7 Å². The first-order valence-corrected chi connectivity index (χ1v) is 8.35. The van der Waals surface area contributed by atoms with Crippen molar-refractivity contribution in [1.29, 1.82) is 0 Å². The van der Waals surface area contributed by atoms with E-state index in [-0.39, 0.29) is 5.91 Å². The Morgan fingerprint density at radius 3 is 2.54 bits per heavy atom. The van der Waals surface area contributed by atoms with E-state index in [1.54, 1.807) is 7.11 Å². The molecule has 0 saturated carbocycles. The lowest BCUT2D eigenvalue weighted by molar-refractivity contribution is 0.0781. The molecule has 126 valence electrons. The molecule has 2 N–H and O–H groups in total. The summed E-state index contributed by atoms with van der Waals surface area (Å²) in [5, 5.41) is 0. The van der Waals surface area contributed by atoms with Crippen molar-refractivity contribution < 1.29 is 9.53 Å². The molecule has 3 rings (SSSR count). The summed E-state index contributed by atoms with van der Waals surface area (Å²) in [6, 6.07) is 18.0. The second-order valence-electron chi connectivity index (χ2n) is 6.31. The monoisotopic (exact) mass is 324 g/mol. The van der Waals surface area contributed by atoms with Crippen molar-refractivity contribution in [2.45, 2.75) is 12.5 Å². The molecule has 0 bridgehead atoms. The van der Waals surface area contributed by atoms with E-state index < -0.39 is 0 Å². The summed E-state index contributed by atoms with van der Waals surface area (Å²) < 4.78 is 5.22. The van der Waals surface area contributed by atoms with Gasteiger partial charge in [0, 0.05) is 31.7 Å². The SMILES string of the molecule is COCc1ccccc1C(=O)N1C[C@@H](CN)[C@H](c2ccccc2)C1. The van der Waals surface area contributed by atoms with Crippen LogP contribution in [0.1, 0.15) is 27.4 Å². The van der Waals surface area contributed by atoms with E-state index in [1.165, 1.54) is 5.56 Å². The second kappa shape index (κ2) is 7.60. The van der Waals surface area contributed by atoms with Crippen LogP contribution in [0.25, 0.3) is 0 Å². The normalized spacial score (nSPS) is 20.3. The maximum absolute atomic E-state index is 13.0. The molecule has 0 spiro atoms. The fourth-order valence-electron chi connectivity index (χ4n) is 3.53. The Kier molecular flexibility index (Phi) is 5.28. The van der Waals surface area contributed by atoms with E-state index in [0.29, 0.717) is 38.1 Å². The van der Waals surface area contributed by atoms with Gasteiger partial charge in [-0.25, -0.2) is 0 Å². The molecule has 1 amide bonds. The topological polar surface area (TPSA) is 55.6 Å². The third-order valence-corrected chi connectivity index (χ3v) is 4.81. The van der Waals surface area contributed by atoms with Gasteiger partial charge in [0.25, 0.3) is 5.91 Å². The van der Waals surface area contributed by atoms with E-state index in [0.717, 1.165) is 11.1 Å². The lowest BCUT2D eigenvalue weighted by atomic mass is 9.89. The standard InChI is InChI=1S/C20H24N2O2/c1-24-14-16-9-5-6-10-18(16)20(23)22-12-17(11-21)19(13-22)15-7-3-2-4-8-15/h2-10,17,19H,11-14,21H2,1H3/t17-,19+/m1/s1. The van der Waals surface area contributed by atoms with Gasteiger partial charge in [0.2, 0.25) is 0 Å². The number of hydrogen-bond donors (Lipinski definition) is 1. The molecule has 0 aliphatic carbocycles. The molecule has 4 nitrogen and oxygen atoms in total. The molecule has 0 unspecified atom stereocenters. The van der Waals surface area contributed by atoms with Gasteiger partial charge in [-0.1, -0.05) is 48.5 Å². The molecule has 1 heterocycles. The van der Waals surface area contributed by atoms with Gasteiger partial charge in [-0.2, -0.15) is 0 Å². The van der Waals surface area contributed by atoms with Gasteiger partial charge in [0.05, 0.1) is 6.61 Å². The van der Waals surface area contributed by atoms with Crippen molar-refractivity contribution >= 4 is 5.91 Å². The van der Waals surface area contributed by atoms with Crippen molar-refractivity contribution in [3.05, 3.63) is 71.3 Å². The van der Waals surface area contributed by atoms with Gasteiger partial charge in [-0.15, -0.1) is 0 Å². The quantitative estimate of drug-likeness (QED) is 0.920. The first kappa shape index (κ1) is 16.7. The number of carbonyl (C=O) groups excluding carboxylic acids is 1. The number of benzene rings is 2. The number of amides is 1. The van der Waals surface area contributed by atoms with Crippen LogP contribution in [-0.2, 0) is 11.3 Å². The van der Waals surface area contributed by atoms with Crippen molar-refractivity contribution in [2.24, 2.45) is 11.7 Å². The van der Waals surface area contributed by atoms with E-state index in [4.69, 9.17) is 10.5 Å². The van der Waals surface area contributed by atoms with Gasteiger partial charge in [-0.05, 0) is 29.7 Å². The average molecular weight is 324 g/mol. The summed E-state index contributed by atoms with van der Waals surface area (Å²) in [4.78, 5) is 14.9. The Labute approximate surface area is 143 Å². The van der Waals surface area contributed by atoms with Gasteiger partial charge >= 0.3 is 0 Å². The third kappa shape index (κ3) is 3.35. The van der Waals surface area contributed by atoms with Crippen molar-refractivity contribution in [3.63, 3.8) is 0 Å². The molecule has 1 saturated heterocycles. The first-order valence-electron chi connectivity index (χ1n) is 8.35. The summed E-state index contributed by atoms with van der Waals surface area (Å²) in [6.07, 6.45) is 0. The Bertz CT molecular complexity index is 687. The van der Waals surface area contributed by atoms with Crippen LogP contribution >= 0.6 is 0 Å². The van der Waals surface area contributed by atoms with Crippen LogP contribution in [0.5, 0.6) is 0 Å². The van der Waals surface area contributed by atoms with Gasteiger partial charge in [0.15, 0.2) is 0 Å². The highest BCUT2D eigenvalue weighted by atomic mass is 16.5. The molecule has 1 aliphatic rings. The highest BCUT2D eigenvalue weighted by Crippen LogP contribution is 2.33. The van der Waals surface area contributed by atoms with Crippen LogP contribution in [0.3, 0.4) is 0 Å². The Morgan fingerprint density at radius 2 is 1.83 bits per heavy atom. The van der Waals surface area contributed by atoms with E-state index in [2.05, 4.69) is 12.1 Å². The van der Waals surface area contributed by atoms with E-state index >= 15 is 0 Å². The van der Waals surface area contributed by atoms with Gasteiger partial charge < -0.3 is 15.4 Å². The highest BCUT2D eigenvalue weighted by molar-refractivity contribution is 5.96. The predicted molar refractivity (Wildman–Crippen MR) is 94.8 cm³/mol. The van der Waals surface area contributed by atoms with Crippen LogP contribution < -0.4 is 5.73 Å². The summed E-state index contributed by atoms with van der Waals surface area (Å²) in [6.45, 7) is 2.45. The number of ether oxygens (including phenoxy) is 1. The molecule has 1 aliphatic heterocycles. The first-order chi connectivity index (χ1) is 11.7. The van der Waals surface area contributed by atoms with Gasteiger partial charge in [-0.3, -0.25) is 4.79 Å². The minimum atomic E-state index is 0.0690. The molecule has 4 heteroatoms. The Morgan fingerprint density at radius 1 is 1.12 bits per heavy atom. The Hall–Kier alpha value is -2.17. The van der Waals surface area contributed by atoms with Crippen LogP contribution in [-0.4, -0.2) is 37.6 Å². The fraction of sp³-hybridized carbons (Fsp3) is 0.350. The zero-order chi connectivity index (χ0) is 16.9. The maximum Gasteiger partial charge on any atom is 0.254 e. The zero-order valence-electron chi connectivity index (χ0n) is 14.0. The molecule has 2 aromatic carbocycles. The zero-order valence-corrected chi connectivity index (χ0v) is 14.0. The molecule has 24 heavy (non-hydrogen) atoms. The van der Waals surface area contributed by atoms with Crippen LogP contribution in [0.4, 0.5) is 0 Å². The largest absolute Gasteiger partial charge is 0.380 e. The van der Waals surface area contributed by atoms with Crippen molar-refractivity contribution in [3.8, 4) is 0 Å². The minimum Gasteiger partial charge on any atom is -0.380 e. The van der Waals surface area contributed by atoms with Crippen LogP contribution in [0.2, 0.25) is 0 Å². The van der Waals surface area contributed by atoms with Crippen LogP contribution in [0, 0.1) is 5.92 Å². The number of nitrogens with zero attached hydrogens (tertiary/aromatic N) is 1. The molecule has 0 aromatic heterocycles. The summed E-state index contributed by atoms with van der Waals surface area (Å²) in [5.41, 5.74) is 8.89. The molecule has 1 fully saturated rings. The van der Waals surface area contributed by atoms with Crippen LogP contribution in [0.15, 0.2) is 54.6 Å². The summed E-state index contributed by atoms with van der Waals surface area (Å²) >= 11 is 0. The molecular weight excluding hydrogens is 300 g/mol. The Balaban J connectivity index is 1.82. The smallest absolute Gasteiger partial charge is 0.254 e. The molecule has 2 aromatic rings. The summed E-state index contributed by atoms with van der Waals surface area (Å²) in [5.74, 6) is 0.667. The number of rotatable bonds is 5. The second-order valence-corrected chi connectivity index (χ2v) is 6.31. The summed E-state index contributed by atoms with van der Waals surface area (Å²) in [7, 11) is 1.65. The van der Waals surface area contributed by atoms with Gasteiger partial charge in [0.1, 0.15) is 0 Å². The number of hydrogen-bond acceptors (Lipinski definition) is 3. The number of methoxy groups -OCH3 is 1. The maximum atomic E-state index is 13.0. The molecular formula is C20H24N2O2. The lowest BCUT2D eigenvalue weighted by Gasteiger charge is -2.18. The van der Waals surface area contributed by atoms with Crippen molar-refractivity contribution in [1.82, 2.24) is 4.90 Å². The predicted octanol–water partition coefficient (Wildman–Crippen LogP) is 2.65. The minimum absolute atomic E-state index is 0.0690. The van der Waals surface area contributed by atoms with E-state index in [1.807, 2.05) is 47.4 Å². The lowest BCUT2D eigenvalue weighted by Crippen LogP contribution is -2.30. The van der Waals surface area contributed by atoms with E-state index in [9.17, 15) is 4.79 Å². The number of carbonyl (C=O) groups is 1. The number of likely N-dealkylation sites (tertiary alicyclic amines) is 1. The fourth-order valence-corrected chi connectivity index (χ4v) is 3.53. The number of nitrogens with two attached hydrogens (primary N) is 1. The third-order valence-electron chi connectivity index (χ3n) is 4.81. The molecule has 2 atom stereocenters. The average Bonchev–Trinajstić information content (AvgIpc) is 3.07. The highest BCUT2D eigenvalue weighted by Gasteiger charge is 2.35.